The predicted octanol–water partition coefficient (Wildman–Crippen LogP) is 4.85. The van der Waals surface area contributed by atoms with E-state index in [1.54, 1.807) is 62.4 Å². The van der Waals surface area contributed by atoms with Crippen LogP contribution in [0.3, 0.4) is 0 Å². The summed E-state index contributed by atoms with van der Waals surface area (Å²) in [6, 6.07) is 19.9. The van der Waals surface area contributed by atoms with Crippen LogP contribution in [0.25, 0.3) is 6.08 Å². The number of fused-ring (bicyclic) bond motifs is 1. The van der Waals surface area contributed by atoms with E-state index >= 15 is 0 Å². The number of carbonyl (C=O) groups is 1. The normalized spacial score (nSPS) is 14.4. The van der Waals surface area contributed by atoms with Crippen LogP contribution in [0.5, 0.6) is 11.5 Å². The van der Waals surface area contributed by atoms with Crippen LogP contribution in [-0.4, -0.2) is 28.7 Å². The number of esters is 1. The zero-order chi connectivity index (χ0) is 31.2. The predicted molar refractivity (Wildman–Crippen MR) is 166 cm³/mol. The van der Waals surface area contributed by atoms with E-state index in [0.717, 1.165) is 11.1 Å². The van der Waals surface area contributed by atoms with Gasteiger partial charge in [0.15, 0.2) is 4.80 Å². The molecule has 0 spiro atoms. The highest BCUT2D eigenvalue weighted by Gasteiger charge is 2.33. The Kier molecular flexibility index (Phi) is 9.15. The summed E-state index contributed by atoms with van der Waals surface area (Å²) >= 11 is 1.23. The van der Waals surface area contributed by atoms with Gasteiger partial charge in [-0.2, -0.15) is 0 Å². The van der Waals surface area contributed by atoms with E-state index in [2.05, 4.69) is 11.6 Å². The van der Waals surface area contributed by atoms with Gasteiger partial charge in [0, 0.05) is 12.1 Å². The van der Waals surface area contributed by atoms with Crippen LogP contribution in [0.2, 0.25) is 0 Å². The standard InChI is InChI=1S/C33H29N3O7S/c1-4-17-42-26-15-11-24(12-16-26)30-29(32(38)41-5-2)21(3)34-33-35(30)31(37)28(44-33)19-23-7-6-8-27(18-23)43-20-22-9-13-25(14-10-22)36(39)40/h4,6-16,18-19,30H,1,5,17,20H2,2-3H3/b28-19-/t30-/m0/s1. The summed E-state index contributed by atoms with van der Waals surface area (Å²) in [5, 5.41) is 10.9. The van der Waals surface area contributed by atoms with Gasteiger partial charge in [-0.05, 0) is 73.0 Å². The first-order valence-corrected chi connectivity index (χ1v) is 14.6. The van der Waals surface area contributed by atoms with Gasteiger partial charge in [-0.15, -0.1) is 0 Å². The number of carbonyl (C=O) groups excluding carboxylic acids is 1. The first-order valence-electron chi connectivity index (χ1n) is 13.8. The number of non-ortho nitro benzene ring substituents is 1. The van der Waals surface area contributed by atoms with Crippen molar-refractivity contribution in [2.45, 2.75) is 26.5 Å². The van der Waals surface area contributed by atoms with Crippen molar-refractivity contribution in [1.82, 2.24) is 4.57 Å². The molecule has 0 fully saturated rings. The van der Waals surface area contributed by atoms with Crippen LogP contribution in [0.15, 0.2) is 107 Å². The van der Waals surface area contributed by atoms with Crippen LogP contribution >= 0.6 is 11.3 Å². The van der Waals surface area contributed by atoms with Gasteiger partial charge in [-0.25, -0.2) is 9.79 Å². The highest BCUT2D eigenvalue weighted by Crippen LogP contribution is 2.31. The maximum Gasteiger partial charge on any atom is 0.338 e. The largest absolute Gasteiger partial charge is 0.490 e. The lowest BCUT2D eigenvalue weighted by atomic mass is 9.96. The molecule has 0 amide bonds. The number of hydrogen-bond donors (Lipinski definition) is 0. The smallest absolute Gasteiger partial charge is 0.338 e. The van der Waals surface area contributed by atoms with Crippen LogP contribution in [0.1, 0.15) is 36.6 Å². The molecular formula is C33H29N3O7S. The summed E-state index contributed by atoms with van der Waals surface area (Å²) in [7, 11) is 0. The van der Waals surface area contributed by atoms with Crippen LogP contribution < -0.4 is 24.4 Å². The van der Waals surface area contributed by atoms with E-state index < -0.39 is 16.9 Å². The van der Waals surface area contributed by atoms with Crippen LogP contribution in [0, 0.1) is 10.1 Å². The van der Waals surface area contributed by atoms with Gasteiger partial charge in [0.1, 0.15) is 24.7 Å². The number of allylic oxidation sites excluding steroid dienone is 1. The first kappa shape index (κ1) is 30.2. The third kappa shape index (κ3) is 6.52. The molecule has 44 heavy (non-hydrogen) atoms. The van der Waals surface area contributed by atoms with Gasteiger partial charge < -0.3 is 14.2 Å². The fourth-order valence-electron chi connectivity index (χ4n) is 4.73. The van der Waals surface area contributed by atoms with Crippen molar-refractivity contribution in [2.24, 2.45) is 4.99 Å². The van der Waals surface area contributed by atoms with Crippen molar-refractivity contribution in [3.05, 3.63) is 143 Å². The van der Waals surface area contributed by atoms with E-state index in [1.807, 2.05) is 24.3 Å². The van der Waals surface area contributed by atoms with Crippen molar-refractivity contribution in [2.75, 3.05) is 13.2 Å². The lowest BCUT2D eigenvalue weighted by molar-refractivity contribution is -0.384. The second kappa shape index (κ2) is 13.3. The SMILES string of the molecule is C=CCOc1ccc([C@H]2C(C(=O)OCC)=C(C)N=c3s/c(=C\c4cccc(OCc5ccc([N+](=O)[O-])cc5)c4)c(=O)n32)cc1. The molecule has 10 nitrogen and oxygen atoms in total. The van der Waals surface area contributed by atoms with Gasteiger partial charge >= 0.3 is 5.97 Å². The number of hydrogen-bond acceptors (Lipinski definition) is 9. The van der Waals surface area contributed by atoms with E-state index in [0.29, 0.717) is 44.3 Å². The molecule has 0 unspecified atom stereocenters. The summed E-state index contributed by atoms with van der Waals surface area (Å²) in [6.07, 6.45) is 3.41. The number of thiazole rings is 1. The number of ether oxygens (including phenoxy) is 3. The molecule has 1 aliphatic rings. The lowest BCUT2D eigenvalue weighted by Crippen LogP contribution is -2.39. The molecule has 2 heterocycles. The third-order valence-corrected chi connectivity index (χ3v) is 7.77. The Bertz CT molecular complexity index is 1920. The molecule has 0 radical (unpaired) electrons. The third-order valence-electron chi connectivity index (χ3n) is 6.79. The molecule has 0 saturated heterocycles. The summed E-state index contributed by atoms with van der Waals surface area (Å²) in [5.74, 6) is 0.676. The summed E-state index contributed by atoms with van der Waals surface area (Å²) in [6.45, 7) is 7.89. The van der Waals surface area contributed by atoms with Gasteiger partial charge in [0.2, 0.25) is 0 Å². The Morgan fingerprint density at radius 2 is 1.84 bits per heavy atom. The molecule has 1 aliphatic heterocycles. The summed E-state index contributed by atoms with van der Waals surface area (Å²) in [5.41, 5.74) is 2.72. The monoisotopic (exact) mass is 611 g/mol. The quantitative estimate of drug-likeness (QED) is 0.103. The van der Waals surface area contributed by atoms with Crippen molar-refractivity contribution < 1.29 is 23.9 Å². The molecule has 0 saturated carbocycles. The molecule has 11 heteroatoms. The number of nitro benzene ring substituents is 1. The number of nitrogens with zero attached hydrogens (tertiary/aromatic N) is 3. The topological polar surface area (TPSA) is 122 Å². The van der Waals surface area contributed by atoms with E-state index in [-0.39, 0.29) is 24.5 Å². The Morgan fingerprint density at radius 1 is 1.09 bits per heavy atom. The second-order valence-corrected chi connectivity index (χ2v) is 10.8. The zero-order valence-corrected chi connectivity index (χ0v) is 24.9. The first-order chi connectivity index (χ1) is 21.3. The highest BCUT2D eigenvalue weighted by atomic mass is 32.1. The average molecular weight is 612 g/mol. The van der Waals surface area contributed by atoms with Gasteiger partial charge in [0.05, 0.1) is 33.4 Å². The van der Waals surface area contributed by atoms with E-state index in [9.17, 15) is 19.7 Å². The van der Waals surface area contributed by atoms with Crippen molar-refractivity contribution in [1.29, 1.82) is 0 Å². The van der Waals surface area contributed by atoms with Crippen molar-refractivity contribution >= 4 is 29.1 Å². The van der Waals surface area contributed by atoms with E-state index in [4.69, 9.17) is 14.2 Å². The molecule has 224 valence electrons. The molecule has 3 aromatic carbocycles. The summed E-state index contributed by atoms with van der Waals surface area (Å²) in [4.78, 5) is 42.6. The maximum atomic E-state index is 13.9. The maximum absolute atomic E-state index is 13.9. The molecular weight excluding hydrogens is 582 g/mol. The summed E-state index contributed by atoms with van der Waals surface area (Å²) < 4.78 is 18.9. The molecule has 0 aliphatic carbocycles. The Balaban J connectivity index is 1.49. The lowest BCUT2D eigenvalue weighted by Gasteiger charge is -2.24. The van der Waals surface area contributed by atoms with Gasteiger partial charge in [-0.1, -0.05) is 48.3 Å². The molecule has 0 bridgehead atoms. The second-order valence-electron chi connectivity index (χ2n) is 9.76. The average Bonchev–Trinajstić information content (AvgIpc) is 3.32. The van der Waals surface area contributed by atoms with Gasteiger partial charge in [0.25, 0.3) is 11.2 Å². The fraction of sp³-hybridized carbons (Fsp3) is 0.182. The van der Waals surface area contributed by atoms with Crippen LogP contribution in [0.4, 0.5) is 5.69 Å². The van der Waals surface area contributed by atoms with E-state index in [1.165, 1.54) is 28.0 Å². The molecule has 0 N–H and O–H groups in total. The van der Waals surface area contributed by atoms with Gasteiger partial charge in [-0.3, -0.25) is 19.5 Å². The molecule has 1 atom stereocenters. The number of benzene rings is 3. The Hall–Kier alpha value is -5.29. The highest BCUT2D eigenvalue weighted by molar-refractivity contribution is 7.07. The Morgan fingerprint density at radius 3 is 2.52 bits per heavy atom. The van der Waals surface area contributed by atoms with Crippen LogP contribution in [-0.2, 0) is 16.1 Å². The minimum absolute atomic E-state index is 0.0126. The number of rotatable bonds is 11. The van der Waals surface area contributed by atoms with Crippen molar-refractivity contribution in [3.8, 4) is 11.5 Å². The molecule has 1 aromatic heterocycles. The fourth-order valence-corrected chi connectivity index (χ4v) is 5.78. The number of nitro groups is 1. The zero-order valence-electron chi connectivity index (χ0n) is 24.1. The minimum atomic E-state index is -0.739. The Labute approximate surface area is 256 Å². The van der Waals surface area contributed by atoms with Crippen molar-refractivity contribution in [3.63, 3.8) is 0 Å². The molecule has 4 aromatic rings. The molecule has 5 rings (SSSR count). The number of aromatic nitrogens is 1. The minimum Gasteiger partial charge on any atom is -0.490 e.